The van der Waals surface area contributed by atoms with Crippen molar-refractivity contribution in [3.05, 3.63) is 60.6 Å². The number of benzene rings is 2. The van der Waals surface area contributed by atoms with Crippen LogP contribution in [0.1, 0.15) is 5.56 Å². The molecule has 1 aromatic heterocycles. The summed E-state index contributed by atoms with van der Waals surface area (Å²) in [6, 6.07) is 12.7. The Bertz CT molecular complexity index is 796. The van der Waals surface area contributed by atoms with E-state index in [1.807, 2.05) is 24.3 Å². The summed E-state index contributed by atoms with van der Waals surface area (Å²) in [7, 11) is 1.51. The van der Waals surface area contributed by atoms with Gasteiger partial charge in [0.15, 0.2) is 23.7 Å². The number of rotatable bonds is 5. The number of oxazole rings is 1. The number of aromatic nitrogens is 1. The lowest BCUT2D eigenvalue weighted by atomic mass is 10.2. The molecule has 23 heavy (non-hydrogen) atoms. The Labute approximate surface area is 133 Å². The van der Waals surface area contributed by atoms with Crippen LogP contribution in [0.25, 0.3) is 11.3 Å². The number of hydrogen-bond acceptors (Lipinski definition) is 6. The smallest absolute Gasteiger partial charge is 0.181 e. The van der Waals surface area contributed by atoms with E-state index in [1.165, 1.54) is 13.5 Å². The van der Waals surface area contributed by atoms with Crippen molar-refractivity contribution in [3.63, 3.8) is 0 Å². The lowest BCUT2D eigenvalue weighted by molar-refractivity contribution is 0.373. The summed E-state index contributed by atoms with van der Waals surface area (Å²) in [5.41, 5.74) is 5.46. The topological polar surface area (TPSA) is 79.9 Å². The van der Waals surface area contributed by atoms with Crippen LogP contribution in [0.5, 0.6) is 11.5 Å². The van der Waals surface area contributed by atoms with Gasteiger partial charge in [-0.25, -0.2) is 4.98 Å². The third-order valence-corrected chi connectivity index (χ3v) is 3.21. The standard InChI is InChI=1S/C17H15N3O3/c1-22-16-7-2-12(8-15(16)21)9-19-20-14-5-3-13(4-6-14)17-10-18-11-23-17/h2-11,20-21H,1H3. The molecule has 2 N–H and O–H groups in total. The van der Waals surface area contributed by atoms with Gasteiger partial charge in [0.2, 0.25) is 0 Å². The highest BCUT2D eigenvalue weighted by molar-refractivity contribution is 5.81. The molecule has 0 unspecified atom stereocenters. The van der Waals surface area contributed by atoms with Gasteiger partial charge in [0.25, 0.3) is 0 Å². The second-order valence-corrected chi connectivity index (χ2v) is 4.74. The SMILES string of the molecule is COc1ccc(C=NNc2ccc(-c3cnco3)cc2)cc1O. The lowest BCUT2D eigenvalue weighted by Crippen LogP contribution is -1.91. The van der Waals surface area contributed by atoms with Gasteiger partial charge in [0, 0.05) is 5.56 Å². The molecule has 0 amide bonds. The average Bonchev–Trinajstić information content (AvgIpc) is 3.10. The number of hydrogen-bond donors (Lipinski definition) is 2. The van der Waals surface area contributed by atoms with Gasteiger partial charge >= 0.3 is 0 Å². The third kappa shape index (κ3) is 3.49. The number of nitrogens with one attached hydrogen (secondary N) is 1. The molecule has 0 aliphatic carbocycles. The Morgan fingerprint density at radius 1 is 1.22 bits per heavy atom. The first-order valence-corrected chi connectivity index (χ1v) is 6.91. The van der Waals surface area contributed by atoms with Crippen molar-refractivity contribution in [2.24, 2.45) is 5.10 Å². The number of methoxy groups -OCH3 is 1. The molecule has 0 aliphatic heterocycles. The highest BCUT2D eigenvalue weighted by atomic mass is 16.5. The maximum Gasteiger partial charge on any atom is 0.181 e. The molecule has 3 rings (SSSR count). The lowest BCUT2D eigenvalue weighted by Gasteiger charge is -2.04. The van der Waals surface area contributed by atoms with Crippen molar-refractivity contribution in [2.75, 3.05) is 12.5 Å². The number of hydrazone groups is 1. The monoisotopic (exact) mass is 309 g/mol. The fourth-order valence-electron chi connectivity index (χ4n) is 2.04. The van der Waals surface area contributed by atoms with Crippen LogP contribution >= 0.6 is 0 Å². The van der Waals surface area contributed by atoms with Gasteiger partial charge in [-0.2, -0.15) is 5.10 Å². The molecule has 0 saturated heterocycles. The molecule has 0 atom stereocenters. The Morgan fingerprint density at radius 2 is 2.04 bits per heavy atom. The summed E-state index contributed by atoms with van der Waals surface area (Å²) >= 11 is 0. The summed E-state index contributed by atoms with van der Waals surface area (Å²) in [6.45, 7) is 0. The first kappa shape index (κ1) is 14.6. The highest BCUT2D eigenvalue weighted by Crippen LogP contribution is 2.25. The Hall–Kier alpha value is -3.28. The molecule has 6 heteroatoms. The number of phenolic OH excluding ortho intramolecular Hbond substituents is 1. The van der Waals surface area contributed by atoms with Gasteiger partial charge < -0.3 is 14.3 Å². The molecule has 0 fully saturated rings. The molecule has 0 saturated carbocycles. The molecule has 116 valence electrons. The van der Waals surface area contributed by atoms with Crippen molar-refractivity contribution < 1.29 is 14.3 Å². The maximum atomic E-state index is 9.71. The number of nitrogens with zero attached hydrogens (tertiary/aromatic N) is 2. The molecule has 0 aliphatic rings. The maximum absolute atomic E-state index is 9.71. The first-order chi connectivity index (χ1) is 11.3. The van der Waals surface area contributed by atoms with Crippen LogP contribution in [0, 0.1) is 0 Å². The molecule has 2 aromatic carbocycles. The van der Waals surface area contributed by atoms with Crippen molar-refractivity contribution in [1.29, 1.82) is 0 Å². The molecule has 0 spiro atoms. The van der Waals surface area contributed by atoms with Crippen LogP contribution in [0.4, 0.5) is 5.69 Å². The van der Waals surface area contributed by atoms with E-state index in [9.17, 15) is 5.11 Å². The summed E-state index contributed by atoms with van der Waals surface area (Å²) < 4.78 is 10.2. The van der Waals surface area contributed by atoms with Crippen LogP contribution in [-0.2, 0) is 0 Å². The van der Waals surface area contributed by atoms with Crippen molar-refractivity contribution in [2.45, 2.75) is 0 Å². The molecule has 0 bridgehead atoms. The van der Waals surface area contributed by atoms with Crippen LogP contribution < -0.4 is 10.2 Å². The van der Waals surface area contributed by atoms with E-state index >= 15 is 0 Å². The molecule has 3 aromatic rings. The van der Waals surface area contributed by atoms with Crippen molar-refractivity contribution in [1.82, 2.24) is 4.98 Å². The third-order valence-electron chi connectivity index (χ3n) is 3.21. The van der Waals surface area contributed by atoms with Crippen LogP contribution in [0.2, 0.25) is 0 Å². The molecule has 0 radical (unpaired) electrons. The summed E-state index contributed by atoms with van der Waals surface area (Å²) in [5.74, 6) is 1.22. The van der Waals surface area contributed by atoms with E-state index < -0.39 is 0 Å². The quantitative estimate of drug-likeness (QED) is 0.557. The fourth-order valence-corrected chi connectivity index (χ4v) is 2.04. The minimum Gasteiger partial charge on any atom is -0.504 e. The molecule has 6 nitrogen and oxygen atoms in total. The Balaban J connectivity index is 1.65. The zero-order chi connectivity index (χ0) is 16.1. The summed E-state index contributed by atoms with van der Waals surface area (Å²) in [5, 5.41) is 13.8. The number of phenols is 1. The van der Waals surface area contributed by atoms with E-state index in [0.29, 0.717) is 11.5 Å². The van der Waals surface area contributed by atoms with Gasteiger partial charge in [-0.15, -0.1) is 0 Å². The zero-order valence-electron chi connectivity index (χ0n) is 12.4. The zero-order valence-corrected chi connectivity index (χ0v) is 12.4. The molecular formula is C17H15N3O3. The van der Waals surface area contributed by atoms with Gasteiger partial charge in [-0.1, -0.05) is 0 Å². The Kier molecular flexibility index (Phi) is 4.24. The second kappa shape index (κ2) is 6.65. The average molecular weight is 309 g/mol. The number of ether oxygens (including phenoxy) is 1. The van der Waals surface area contributed by atoms with Crippen molar-refractivity contribution in [3.8, 4) is 22.8 Å². The van der Waals surface area contributed by atoms with E-state index in [2.05, 4.69) is 15.5 Å². The minimum absolute atomic E-state index is 0.0767. The summed E-state index contributed by atoms with van der Waals surface area (Å²) in [6.07, 6.45) is 4.68. The fraction of sp³-hybridized carbons (Fsp3) is 0.0588. The van der Waals surface area contributed by atoms with Gasteiger partial charge in [0.1, 0.15) is 0 Å². The van der Waals surface area contributed by atoms with Crippen LogP contribution in [0.15, 0.2) is 64.6 Å². The normalized spacial score (nSPS) is 10.8. The van der Waals surface area contributed by atoms with Crippen LogP contribution in [0.3, 0.4) is 0 Å². The number of anilines is 1. The van der Waals surface area contributed by atoms with E-state index in [1.54, 1.807) is 30.6 Å². The van der Waals surface area contributed by atoms with Crippen LogP contribution in [-0.4, -0.2) is 23.4 Å². The number of aromatic hydroxyl groups is 1. The highest BCUT2D eigenvalue weighted by Gasteiger charge is 2.01. The molecule has 1 heterocycles. The van der Waals surface area contributed by atoms with E-state index in [0.717, 1.165) is 16.8 Å². The Morgan fingerprint density at radius 3 is 2.70 bits per heavy atom. The van der Waals surface area contributed by atoms with Crippen molar-refractivity contribution >= 4 is 11.9 Å². The van der Waals surface area contributed by atoms with E-state index in [4.69, 9.17) is 9.15 Å². The predicted octanol–water partition coefficient (Wildman–Crippen LogP) is 3.50. The van der Waals surface area contributed by atoms with E-state index in [-0.39, 0.29) is 5.75 Å². The van der Waals surface area contributed by atoms with Gasteiger partial charge in [-0.3, -0.25) is 5.43 Å². The minimum atomic E-state index is 0.0767. The van der Waals surface area contributed by atoms with Gasteiger partial charge in [0.05, 0.1) is 25.2 Å². The summed E-state index contributed by atoms with van der Waals surface area (Å²) in [4.78, 5) is 3.89. The van der Waals surface area contributed by atoms with Gasteiger partial charge in [-0.05, 0) is 48.0 Å². The predicted molar refractivity (Wildman–Crippen MR) is 87.8 cm³/mol. The first-order valence-electron chi connectivity index (χ1n) is 6.91. The largest absolute Gasteiger partial charge is 0.504 e. The second-order valence-electron chi connectivity index (χ2n) is 4.74. The molecular weight excluding hydrogens is 294 g/mol.